The Balaban J connectivity index is 1.53. The quantitative estimate of drug-likeness (QED) is 0.634. The van der Waals surface area contributed by atoms with E-state index < -0.39 is 0 Å². The smallest absolute Gasteiger partial charge is 0.254 e. The van der Waals surface area contributed by atoms with E-state index in [0.717, 1.165) is 16.8 Å². The number of fused-ring (bicyclic) bond motifs is 2. The molecule has 1 amide bonds. The van der Waals surface area contributed by atoms with Crippen molar-refractivity contribution in [3.63, 3.8) is 0 Å². The second kappa shape index (κ2) is 8.13. The lowest BCUT2D eigenvalue weighted by molar-refractivity contribution is 0.0742. The van der Waals surface area contributed by atoms with E-state index in [0.29, 0.717) is 49.0 Å². The normalized spacial score (nSPS) is 14.0. The minimum atomic E-state index is -0.138. The molecule has 1 atom stereocenters. The van der Waals surface area contributed by atoms with Gasteiger partial charge in [-0.2, -0.15) is 0 Å². The number of carbonyl (C=O) groups is 1. The van der Waals surface area contributed by atoms with E-state index in [1.165, 1.54) is 0 Å². The first-order chi connectivity index (χ1) is 14.1. The van der Waals surface area contributed by atoms with Crippen LogP contribution in [0.5, 0.6) is 11.5 Å². The van der Waals surface area contributed by atoms with Gasteiger partial charge >= 0.3 is 0 Å². The van der Waals surface area contributed by atoms with Gasteiger partial charge in [0, 0.05) is 26.1 Å². The minimum Gasteiger partial charge on any atom is -0.486 e. The van der Waals surface area contributed by atoms with Gasteiger partial charge in [0.15, 0.2) is 23.0 Å². The molecule has 0 N–H and O–H groups in total. The molecule has 0 unspecified atom stereocenters. The van der Waals surface area contributed by atoms with E-state index in [9.17, 15) is 4.79 Å². The third-order valence-electron chi connectivity index (χ3n) is 5.15. The van der Waals surface area contributed by atoms with Gasteiger partial charge in [-0.15, -0.1) is 0 Å². The number of hydrogen-bond acceptors (Lipinski definition) is 6. The lowest BCUT2D eigenvalue weighted by Crippen LogP contribution is -2.29. The summed E-state index contributed by atoms with van der Waals surface area (Å²) in [5.41, 5.74) is 2.86. The van der Waals surface area contributed by atoms with Crippen molar-refractivity contribution in [3.8, 4) is 11.5 Å². The summed E-state index contributed by atoms with van der Waals surface area (Å²) in [5.74, 6) is 1.96. The number of methoxy groups -OCH3 is 1. The molecule has 0 bridgehead atoms. The van der Waals surface area contributed by atoms with Crippen molar-refractivity contribution in [1.29, 1.82) is 0 Å². The predicted molar refractivity (Wildman–Crippen MR) is 108 cm³/mol. The van der Waals surface area contributed by atoms with Crippen LogP contribution in [0.3, 0.4) is 0 Å². The van der Waals surface area contributed by atoms with Gasteiger partial charge in [-0.1, -0.05) is 6.07 Å². The summed E-state index contributed by atoms with van der Waals surface area (Å²) < 4.78 is 22.1. The van der Waals surface area contributed by atoms with Gasteiger partial charge in [-0.05, 0) is 42.8 Å². The molecular weight excluding hydrogens is 372 g/mol. The maximum Gasteiger partial charge on any atom is 0.254 e. The first-order valence-electron chi connectivity index (χ1n) is 9.62. The van der Waals surface area contributed by atoms with Crippen molar-refractivity contribution in [2.24, 2.45) is 0 Å². The molecule has 152 valence electrons. The van der Waals surface area contributed by atoms with Crippen molar-refractivity contribution in [1.82, 2.24) is 9.88 Å². The van der Waals surface area contributed by atoms with Crippen molar-refractivity contribution < 1.29 is 23.4 Å². The van der Waals surface area contributed by atoms with Crippen molar-refractivity contribution in [2.45, 2.75) is 19.4 Å². The van der Waals surface area contributed by atoms with E-state index in [-0.39, 0.29) is 11.9 Å². The minimum absolute atomic E-state index is 0.0934. The number of hydrogen-bond donors (Lipinski definition) is 0. The second-order valence-corrected chi connectivity index (χ2v) is 7.03. The summed E-state index contributed by atoms with van der Waals surface area (Å²) in [5, 5.41) is 0. The van der Waals surface area contributed by atoms with Gasteiger partial charge < -0.3 is 23.5 Å². The summed E-state index contributed by atoms with van der Waals surface area (Å²) in [6.07, 6.45) is 0.593. The average molecular weight is 396 g/mol. The molecule has 7 heteroatoms. The maximum atomic E-state index is 13.1. The number of amides is 1. The van der Waals surface area contributed by atoms with Crippen LogP contribution in [-0.4, -0.2) is 49.8 Å². The van der Waals surface area contributed by atoms with Crippen molar-refractivity contribution in [2.75, 3.05) is 34.0 Å². The van der Waals surface area contributed by atoms with Crippen LogP contribution in [0.25, 0.3) is 11.1 Å². The highest BCUT2D eigenvalue weighted by Gasteiger charge is 2.22. The fourth-order valence-electron chi connectivity index (χ4n) is 3.32. The molecule has 3 aromatic rings. The number of rotatable bonds is 6. The first-order valence-corrected chi connectivity index (χ1v) is 9.62. The number of carbonyl (C=O) groups excluding carboxylic acids is 1. The van der Waals surface area contributed by atoms with Crippen LogP contribution in [0.2, 0.25) is 0 Å². The molecule has 4 rings (SSSR count). The van der Waals surface area contributed by atoms with Crippen LogP contribution in [0.4, 0.5) is 0 Å². The first kappa shape index (κ1) is 19.3. The Bertz CT molecular complexity index is 1030. The fourth-order valence-corrected chi connectivity index (χ4v) is 3.32. The highest BCUT2D eigenvalue weighted by molar-refractivity contribution is 5.97. The topological polar surface area (TPSA) is 74.0 Å². The van der Waals surface area contributed by atoms with E-state index >= 15 is 0 Å². The summed E-state index contributed by atoms with van der Waals surface area (Å²) >= 11 is 0. The number of aromatic nitrogens is 1. The standard InChI is InChI=1S/C22H24N2O5/c1-14(15-5-7-18-20(12-15)28-11-10-27-18)24(2)22(25)16-4-6-17-19(13-16)29-21(23-17)8-9-26-3/h4-7,12-14H,8-11H2,1-3H3/t14-/m1/s1. The van der Waals surface area contributed by atoms with Crippen LogP contribution in [0.15, 0.2) is 40.8 Å². The van der Waals surface area contributed by atoms with Crippen LogP contribution in [-0.2, 0) is 11.2 Å². The maximum absolute atomic E-state index is 13.1. The Morgan fingerprint density at radius 2 is 1.97 bits per heavy atom. The Morgan fingerprint density at radius 3 is 2.76 bits per heavy atom. The summed E-state index contributed by atoms with van der Waals surface area (Å²) in [7, 11) is 3.43. The molecule has 7 nitrogen and oxygen atoms in total. The van der Waals surface area contributed by atoms with Crippen LogP contribution in [0, 0.1) is 0 Å². The SMILES string of the molecule is COCCc1nc2ccc(C(=O)N(C)[C@H](C)c3ccc4c(c3)OCCO4)cc2o1. The number of ether oxygens (including phenoxy) is 3. The zero-order valence-corrected chi connectivity index (χ0v) is 16.8. The molecule has 0 saturated heterocycles. The molecule has 2 heterocycles. The van der Waals surface area contributed by atoms with Crippen LogP contribution >= 0.6 is 0 Å². The molecule has 2 aromatic carbocycles. The third-order valence-corrected chi connectivity index (χ3v) is 5.15. The molecular formula is C22H24N2O5. The predicted octanol–water partition coefficient (Wildman–Crippen LogP) is 3.62. The van der Waals surface area contributed by atoms with Gasteiger partial charge in [0.2, 0.25) is 0 Å². The van der Waals surface area contributed by atoms with Crippen molar-refractivity contribution >= 4 is 17.0 Å². The molecule has 0 aliphatic carbocycles. The van der Waals surface area contributed by atoms with Crippen molar-refractivity contribution in [3.05, 3.63) is 53.4 Å². The molecule has 1 aromatic heterocycles. The van der Waals surface area contributed by atoms with Crippen LogP contribution < -0.4 is 9.47 Å². The van der Waals surface area contributed by atoms with E-state index in [4.69, 9.17) is 18.6 Å². The van der Waals surface area contributed by atoms with Gasteiger partial charge in [0.1, 0.15) is 18.7 Å². The highest BCUT2D eigenvalue weighted by atomic mass is 16.6. The Labute approximate surface area is 169 Å². The zero-order valence-electron chi connectivity index (χ0n) is 16.8. The van der Waals surface area contributed by atoms with E-state index in [1.54, 1.807) is 31.2 Å². The van der Waals surface area contributed by atoms with Crippen LogP contribution in [0.1, 0.15) is 34.8 Å². The molecule has 1 aliphatic heterocycles. The molecule has 29 heavy (non-hydrogen) atoms. The monoisotopic (exact) mass is 396 g/mol. The van der Waals surface area contributed by atoms with E-state index in [2.05, 4.69) is 4.98 Å². The lowest BCUT2D eigenvalue weighted by atomic mass is 10.0. The Morgan fingerprint density at radius 1 is 1.17 bits per heavy atom. The van der Waals surface area contributed by atoms with Gasteiger partial charge in [0.05, 0.1) is 12.6 Å². The Hall–Kier alpha value is -3.06. The lowest BCUT2D eigenvalue weighted by Gasteiger charge is -2.27. The third kappa shape index (κ3) is 3.91. The van der Waals surface area contributed by atoms with E-state index in [1.807, 2.05) is 31.2 Å². The largest absolute Gasteiger partial charge is 0.486 e. The summed E-state index contributed by atoms with van der Waals surface area (Å²) in [6.45, 7) is 3.61. The molecule has 0 saturated carbocycles. The average Bonchev–Trinajstić information content (AvgIpc) is 3.17. The summed E-state index contributed by atoms with van der Waals surface area (Å²) in [6, 6.07) is 11.0. The summed E-state index contributed by atoms with van der Waals surface area (Å²) in [4.78, 5) is 19.2. The number of nitrogens with zero attached hydrogens (tertiary/aromatic N) is 2. The van der Waals surface area contributed by atoms with Gasteiger partial charge in [-0.25, -0.2) is 4.98 Å². The molecule has 0 fully saturated rings. The number of benzene rings is 2. The molecule has 0 spiro atoms. The van der Waals surface area contributed by atoms with Gasteiger partial charge in [-0.3, -0.25) is 4.79 Å². The second-order valence-electron chi connectivity index (χ2n) is 7.03. The zero-order chi connectivity index (χ0) is 20.4. The number of oxazole rings is 1. The highest BCUT2D eigenvalue weighted by Crippen LogP contribution is 2.34. The Kier molecular flexibility index (Phi) is 5.40. The molecule has 0 radical (unpaired) electrons. The molecule has 1 aliphatic rings. The fraction of sp³-hybridized carbons (Fsp3) is 0.364. The van der Waals surface area contributed by atoms with Gasteiger partial charge in [0.25, 0.3) is 5.91 Å².